The van der Waals surface area contributed by atoms with Gasteiger partial charge in [0.05, 0.1) is 16.9 Å². The molecule has 0 amide bonds. The average molecular weight is 390 g/mol. The number of nitrogens with one attached hydrogen (secondary N) is 2. The molecule has 1 aliphatic rings. The number of H-pyrrole nitrogens is 1. The van der Waals surface area contributed by atoms with Crippen LogP contribution in [0.15, 0.2) is 24.4 Å². The monoisotopic (exact) mass is 389 g/mol. The molecule has 0 bridgehead atoms. The van der Waals surface area contributed by atoms with Gasteiger partial charge < -0.3 is 10.3 Å². The molecule has 1 aliphatic heterocycles. The van der Waals surface area contributed by atoms with Crippen LogP contribution in [0, 0.1) is 6.92 Å². The fraction of sp³-hybridized carbons (Fsp3) is 0.368. The van der Waals surface area contributed by atoms with Crippen LogP contribution >= 0.6 is 23.2 Å². The number of aryl methyl sites for hydroxylation is 1. The number of halogens is 2. The van der Waals surface area contributed by atoms with Gasteiger partial charge in [-0.15, -0.1) is 0 Å². The number of hydrogen-bond donors (Lipinski definition) is 2. The lowest BCUT2D eigenvalue weighted by atomic mass is 9.98. The molecule has 4 rings (SSSR count). The van der Waals surface area contributed by atoms with Crippen molar-refractivity contribution in [2.45, 2.75) is 26.3 Å². The molecule has 3 heterocycles. The Morgan fingerprint density at radius 2 is 2.19 bits per heavy atom. The Bertz CT molecular complexity index is 952. The van der Waals surface area contributed by atoms with Crippen molar-refractivity contribution < 1.29 is 0 Å². The lowest BCUT2D eigenvalue weighted by Crippen LogP contribution is -2.37. The fourth-order valence-electron chi connectivity index (χ4n) is 3.65. The Morgan fingerprint density at radius 3 is 3.00 bits per heavy atom. The van der Waals surface area contributed by atoms with Crippen molar-refractivity contribution in [3.8, 4) is 0 Å². The summed E-state index contributed by atoms with van der Waals surface area (Å²) in [6, 6.07) is 6.40. The number of benzene rings is 1. The Labute approximate surface area is 162 Å². The molecule has 136 valence electrons. The zero-order valence-corrected chi connectivity index (χ0v) is 16.3. The first-order valence-corrected chi connectivity index (χ1v) is 9.55. The van der Waals surface area contributed by atoms with Crippen LogP contribution in [0.2, 0.25) is 10.0 Å². The number of nitrogens with zero attached hydrogens (tertiary/aromatic N) is 3. The van der Waals surface area contributed by atoms with E-state index in [1.54, 1.807) is 6.20 Å². The van der Waals surface area contributed by atoms with E-state index in [1.807, 2.05) is 13.0 Å². The normalized spacial score (nSPS) is 17.5. The third kappa shape index (κ3) is 3.27. The van der Waals surface area contributed by atoms with Gasteiger partial charge in [-0.2, -0.15) is 0 Å². The van der Waals surface area contributed by atoms with Gasteiger partial charge in [0.25, 0.3) is 0 Å². The average Bonchev–Trinajstić information content (AvgIpc) is 2.99. The molecule has 0 spiro atoms. The lowest BCUT2D eigenvalue weighted by molar-refractivity contribution is 0.203. The third-order valence-electron chi connectivity index (χ3n) is 5.12. The number of rotatable bonds is 4. The number of hydrogen-bond acceptors (Lipinski definition) is 4. The third-order valence-corrected chi connectivity index (χ3v) is 5.72. The largest absolute Gasteiger partial charge is 0.357 e. The predicted molar refractivity (Wildman–Crippen MR) is 107 cm³/mol. The molecule has 5 nitrogen and oxygen atoms in total. The van der Waals surface area contributed by atoms with Crippen LogP contribution in [0.5, 0.6) is 0 Å². The first-order chi connectivity index (χ1) is 12.5. The van der Waals surface area contributed by atoms with Gasteiger partial charge in [-0.1, -0.05) is 23.2 Å². The van der Waals surface area contributed by atoms with Gasteiger partial charge in [-0.3, -0.25) is 4.90 Å². The summed E-state index contributed by atoms with van der Waals surface area (Å²) < 4.78 is 0. The van der Waals surface area contributed by atoms with Crippen molar-refractivity contribution >= 4 is 40.1 Å². The van der Waals surface area contributed by atoms with Gasteiger partial charge >= 0.3 is 0 Å². The SMILES string of the molecule is Cc1nc(NCCN2CCc3c([nH]c4ccc(Cl)cc34)C2C)ncc1Cl. The van der Waals surface area contributed by atoms with Gasteiger partial charge in [0.1, 0.15) is 0 Å². The molecule has 2 N–H and O–H groups in total. The zero-order chi connectivity index (χ0) is 18.3. The minimum absolute atomic E-state index is 0.333. The van der Waals surface area contributed by atoms with Crippen LogP contribution in [0.3, 0.4) is 0 Å². The van der Waals surface area contributed by atoms with Crippen molar-refractivity contribution in [3.63, 3.8) is 0 Å². The van der Waals surface area contributed by atoms with Crippen molar-refractivity contribution in [1.29, 1.82) is 0 Å². The molecule has 0 fully saturated rings. The standard InChI is InChI=1S/C19H21Cl2N5/c1-11-16(21)10-23-19(24-11)22-6-8-26-7-5-14-15-9-13(20)3-4-17(15)25-18(14)12(26)2/h3-4,9-10,12,25H,5-8H2,1-2H3,(H,22,23,24). The highest BCUT2D eigenvalue weighted by Crippen LogP contribution is 2.35. The zero-order valence-electron chi connectivity index (χ0n) is 14.8. The summed E-state index contributed by atoms with van der Waals surface area (Å²) in [5, 5.41) is 5.92. The number of aromatic amines is 1. The van der Waals surface area contributed by atoms with Crippen LogP contribution in [0.1, 0.15) is 29.9 Å². The fourth-order valence-corrected chi connectivity index (χ4v) is 3.92. The molecular weight excluding hydrogens is 369 g/mol. The second-order valence-electron chi connectivity index (χ2n) is 6.72. The number of anilines is 1. The predicted octanol–water partition coefficient (Wildman–Crippen LogP) is 4.60. The summed E-state index contributed by atoms with van der Waals surface area (Å²) >= 11 is 12.2. The Hall–Kier alpha value is -1.82. The van der Waals surface area contributed by atoms with Gasteiger partial charge in [0.2, 0.25) is 5.95 Å². The van der Waals surface area contributed by atoms with Crippen LogP contribution in [-0.2, 0) is 6.42 Å². The van der Waals surface area contributed by atoms with E-state index in [0.717, 1.165) is 42.3 Å². The molecular formula is C19H21Cl2N5. The molecule has 0 saturated heterocycles. The second-order valence-corrected chi connectivity index (χ2v) is 7.57. The maximum atomic E-state index is 6.18. The number of fused-ring (bicyclic) bond motifs is 3. The molecule has 0 radical (unpaired) electrons. The summed E-state index contributed by atoms with van der Waals surface area (Å²) in [5.41, 5.74) is 4.65. The van der Waals surface area contributed by atoms with Crippen molar-refractivity contribution in [2.75, 3.05) is 25.0 Å². The highest BCUT2D eigenvalue weighted by Gasteiger charge is 2.26. The first kappa shape index (κ1) is 17.6. The van der Waals surface area contributed by atoms with E-state index in [4.69, 9.17) is 23.2 Å². The summed E-state index contributed by atoms with van der Waals surface area (Å²) in [6.07, 6.45) is 2.66. The van der Waals surface area contributed by atoms with Crippen LogP contribution in [0.25, 0.3) is 10.9 Å². The van der Waals surface area contributed by atoms with E-state index in [-0.39, 0.29) is 0 Å². The highest BCUT2D eigenvalue weighted by atomic mass is 35.5. The van der Waals surface area contributed by atoms with Crippen LogP contribution in [0.4, 0.5) is 5.95 Å². The highest BCUT2D eigenvalue weighted by molar-refractivity contribution is 6.31. The van der Waals surface area contributed by atoms with E-state index < -0.39 is 0 Å². The second kappa shape index (κ2) is 7.06. The summed E-state index contributed by atoms with van der Waals surface area (Å²) in [4.78, 5) is 14.6. The van der Waals surface area contributed by atoms with Crippen LogP contribution in [-0.4, -0.2) is 39.5 Å². The molecule has 0 aliphatic carbocycles. The molecule has 7 heteroatoms. The maximum absolute atomic E-state index is 6.18. The molecule has 0 saturated carbocycles. The van der Waals surface area contributed by atoms with Gasteiger partial charge in [0, 0.05) is 47.3 Å². The minimum Gasteiger partial charge on any atom is -0.357 e. The lowest BCUT2D eigenvalue weighted by Gasteiger charge is -2.33. The van der Waals surface area contributed by atoms with Crippen molar-refractivity contribution in [2.24, 2.45) is 0 Å². The first-order valence-electron chi connectivity index (χ1n) is 8.80. The van der Waals surface area contributed by atoms with Gasteiger partial charge in [-0.25, -0.2) is 9.97 Å². The Morgan fingerprint density at radius 1 is 1.35 bits per heavy atom. The Kier molecular flexibility index (Phi) is 4.78. The maximum Gasteiger partial charge on any atom is 0.222 e. The molecule has 1 atom stereocenters. The van der Waals surface area contributed by atoms with Gasteiger partial charge in [-0.05, 0) is 44.0 Å². The molecule has 1 aromatic carbocycles. The van der Waals surface area contributed by atoms with Crippen molar-refractivity contribution in [1.82, 2.24) is 19.9 Å². The van der Waals surface area contributed by atoms with E-state index in [1.165, 1.54) is 16.6 Å². The summed E-state index contributed by atoms with van der Waals surface area (Å²) in [7, 11) is 0. The topological polar surface area (TPSA) is 56.8 Å². The Balaban J connectivity index is 1.44. The minimum atomic E-state index is 0.333. The van der Waals surface area contributed by atoms with Crippen molar-refractivity contribution in [3.05, 3.63) is 51.4 Å². The number of aromatic nitrogens is 3. The molecule has 1 unspecified atom stereocenters. The van der Waals surface area contributed by atoms with Gasteiger partial charge in [0.15, 0.2) is 0 Å². The van der Waals surface area contributed by atoms with E-state index in [0.29, 0.717) is 17.0 Å². The molecule has 2 aromatic heterocycles. The summed E-state index contributed by atoms with van der Waals surface area (Å²) in [5.74, 6) is 0.623. The molecule has 26 heavy (non-hydrogen) atoms. The summed E-state index contributed by atoms with van der Waals surface area (Å²) in [6.45, 7) is 6.86. The van der Waals surface area contributed by atoms with Crippen LogP contribution < -0.4 is 5.32 Å². The van der Waals surface area contributed by atoms with E-state index >= 15 is 0 Å². The quantitative estimate of drug-likeness (QED) is 0.684. The smallest absolute Gasteiger partial charge is 0.222 e. The van der Waals surface area contributed by atoms with E-state index in [9.17, 15) is 0 Å². The van der Waals surface area contributed by atoms with E-state index in [2.05, 4.69) is 44.2 Å². The molecule has 3 aromatic rings.